The van der Waals surface area contributed by atoms with Crippen molar-refractivity contribution in [3.63, 3.8) is 0 Å². The lowest BCUT2D eigenvalue weighted by Gasteiger charge is -2.22. The maximum Gasteiger partial charge on any atom is 0.225 e. The minimum Gasteiger partial charge on any atom is -0.355 e. The smallest absolute Gasteiger partial charge is 0.225 e. The van der Waals surface area contributed by atoms with Gasteiger partial charge in [-0.2, -0.15) is 0 Å². The van der Waals surface area contributed by atoms with E-state index in [0.29, 0.717) is 13.0 Å². The van der Waals surface area contributed by atoms with Crippen LogP contribution in [-0.2, 0) is 9.59 Å². The predicted molar refractivity (Wildman–Crippen MR) is 49.0 cm³/mol. The summed E-state index contributed by atoms with van der Waals surface area (Å²) in [6.45, 7) is 6.25. The highest BCUT2D eigenvalue weighted by molar-refractivity contribution is 5.89. The lowest BCUT2D eigenvalue weighted by Crippen LogP contribution is -2.44. The molecule has 74 valence electrons. The predicted octanol–water partition coefficient (Wildman–Crippen LogP) is 0.0372. The van der Waals surface area contributed by atoms with Gasteiger partial charge in [-0.15, -0.1) is 0 Å². The number of amides is 2. The Kier molecular flexibility index (Phi) is 2.59. The number of carbonyl (C=O) groups excluding carboxylic acids is 2. The van der Waals surface area contributed by atoms with Crippen molar-refractivity contribution in [1.82, 2.24) is 10.6 Å². The highest BCUT2D eigenvalue weighted by Gasteiger charge is 2.29. The molecule has 1 atom stereocenters. The number of rotatable bonds is 1. The van der Waals surface area contributed by atoms with Gasteiger partial charge < -0.3 is 10.6 Å². The highest BCUT2D eigenvalue weighted by atomic mass is 16.2. The van der Waals surface area contributed by atoms with Crippen LogP contribution in [0.15, 0.2) is 0 Å². The Morgan fingerprint density at radius 3 is 2.54 bits per heavy atom. The SMILES string of the molecule is CC(C)(C)NC(=O)[C@H]1CNC(=O)C1. The number of carbonyl (C=O) groups is 2. The summed E-state index contributed by atoms with van der Waals surface area (Å²) in [4.78, 5) is 22.3. The van der Waals surface area contributed by atoms with Gasteiger partial charge in [0.2, 0.25) is 11.8 Å². The molecule has 0 aliphatic carbocycles. The van der Waals surface area contributed by atoms with Gasteiger partial charge in [0.25, 0.3) is 0 Å². The number of hydrogen-bond acceptors (Lipinski definition) is 2. The van der Waals surface area contributed by atoms with Crippen molar-refractivity contribution in [3.8, 4) is 0 Å². The fraction of sp³-hybridized carbons (Fsp3) is 0.778. The van der Waals surface area contributed by atoms with Gasteiger partial charge in [0, 0.05) is 18.5 Å². The summed E-state index contributed by atoms with van der Waals surface area (Å²) in [5, 5.41) is 5.49. The van der Waals surface area contributed by atoms with Crippen LogP contribution in [-0.4, -0.2) is 23.9 Å². The summed E-state index contributed by atoms with van der Waals surface area (Å²) in [5.74, 6) is -0.258. The standard InChI is InChI=1S/C9H16N2O2/c1-9(2,3)11-8(13)6-4-7(12)10-5-6/h6H,4-5H2,1-3H3,(H,10,12)(H,11,13)/t6-/m1/s1. The normalized spacial score (nSPS) is 22.7. The second-order valence-electron chi connectivity index (χ2n) is 4.44. The average Bonchev–Trinajstić information content (AvgIpc) is 2.31. The summed E-state index contributed by atoms with van der Waals surface area (Å²) in [7, 11) is 0. The van der Waals surface area contributed by atoms with Crippen molar-refractivity contribution in [1.29, 1.82) is 0 Å². The minimum absolute atomic E-state index is 0.0333. The molecular formula is C9H16N2O2. The average molecular weight is 184 g/mol. The molecule has 2 amide bonds. The summed E-state index contributed by atoms with van der Waals surface area (Å²) in [6.07, 6.45) is 0.321. The fourth-order valence-electron chi connectivity index (χ4n) is 1.26. The van der Waals surface area contributed by atoms with Crippen LogP contribution in [0.5, 0.6) is 0 Å². The van der Waals surface area contributed by atoms with E-state index in [1.54, 1.807) is 0 Å². The first-order chi connectivity index (χ1) is 5.88. The Balaban J connectivity index is 2.45. The van der Waals surface area contributed by atoms with Crippen molar-refractivity contribution in [2.24, 2.45) is 5.92 Å². The molecule has 1 fully saturated rings. The second-order valence-corrected chi connectivity index (χ2v) is 4.44. The number of hydrogen-bond donors (Lipinski definition) is 2. The van der Waals surface area contributed by atoms with Crippen LogP contribution in [0.1, 0.15) is 27.2 Å². The van der Waals surface area contributed by atoms with Gasteiger partial charge in [-0.05, 0) is 20.8 Å². The third-order valence-electron chi connectivity index (χ3n) is 1.85. The molecule has 0 aromatic carbocycles. The van der Waals surface area contributed by atoms with Crippen LogP contribution in [0.2, 0.25) is 0 Å². The Morgan fingerprint density at radius 2 is 2.15 bits per heavy atom. The van der Waals surface area contributed by atoms with E-state index in [2.05, 4.69) is 10.6 Å². The Hall–Kier alpha value is -1.06. The first kappa shape index (κ1) is 10.0. The topological polar surface area (TPSA) is 58.2 Å². The molecule has 13 heavy (non-hydrogen) atoms. The zero-order valence-electron chi connectivity index (χ0n) is 8.31. The van der Waals surface area contributed by atoms with E-state index in [0.717, 1.165) is 0 Å². The van der Waals surface area contributed by atoms with E-state index in [1.165, 1.54) is 0 Å². The first-order valence-corrected chi connectivity index (χ1v) is 4.47. The Bertz CT molecular complexity index is 230. The molecule has 2 N–H and O–H groups in total. The molecule has 0 unspecified atom stereocenters. The molecule has 1 rings (SSSR count). The quantitative estimate of drug-likeness (QED) is 0.604. The van der Waals surface area contributed by atoms with E-state index in [1.807, 2.05) is 20.8 Å². The van der Waals surface area contributed by atoms with Crippen molar-refractivity contribution in [2.45, 2.75) is 32.7 Å². The minimum atomic E-state index is -0.220. The van der Waals surface area contributed by atoms with E-state index < -0.39 is 0 Å². The van der Waals surface area contributed by atoms with Gasteiger partial charge in [0.05, 0.1) is 5.92 Å². The van der Waals surface area contributed by atoms with Crippen LogP contribution in [0, 0.1) is 5.92 Å². The molecule has 0 aromatic heterocycles. The molecule has 0 spiro atoms. The molecule has 4 nitrogen and oxygen atoms in total. The van der Waals surface area contributed by atoms with E-state index in [9.17, 15) is 9.59 Å². The molecule has 0 saturated carbocycles. The summed E-state index contributed by atoms with van der Waals surface area (Å²) < 4.78 is 0. The molecule has 1 aliphatic heterocycles. The van der Waals surface area contributed by atoms with Crippen LogP contribution < -0.4 is 10.6 Å². The third kappa shape index (κ3) is 3.05. The summed E-state index contributed by atoms with van der Waals surface area (Å²) >= 11 is 0. The molecule has 0 aromatic rings. The van der Waals surface area contributed by atoms with Crippen LogP contribution in [0.4, 0.5) is 0 Å². The van der Waals surface area contributed by atoms with Crippen LogP contribution >= 0.6 is 0 Å². The molecule has 1 saturated heterocycles. The van der Waals surface area contributed by atoms with Crippen molar-refractivity contribution >= 4 is 11.8 Å². The molecule has 0 bridgehead atoms. The highest BCUT2D eigenvalue weighted by Crippen LogP contribution is 2.10. The van der Waals surface area contributed by atoms with Gasteiger partial charge in [0.15, 0.2) is 0 Å². The molecule has 1 aliphatic rings. The molecule has 1 heterocycles. The van der Waals surface area contributed by atoms with Gasteiger partial charge >= 0.3 is 0 Å². The Labute approximate surface area is 78.1 Å². The molecule has 4 heteroatoms. The van der Waals surface area contributed by atoms with Crippen molar-refractivity contribution < 1.29 is 9.59 Å². The third-order valence-corrected chi connectivity index (χ3v) is 1.85. The largest absolute Gasteiger partial charge is 0.355 e. The maximum atomic E-state index is 11.5. The maximum absolute atomic E-state index is 11.5. The first-order valence-electron chi connectivity index (χ1n) is 4.47. The Morgan fingerprint density at radius 1 is 1.54 bits per heavy atom. The van der Waals surface area contributed by atoms with E-state index in [-0.39, 0.29) is 23.3 Å². The zero-order chi connectivity index (χ0) is 10.1. The summed E-state index contributed by atoms with van der Waals surface area (Å²) in [5.41, 5.74) is -0.220. The van der Waals surface area contributed by atoms with E-state index >= 15 is 0 Å². The van der Waals surface area contributed by atoms with Gasteiger partial charge in [-0.1, -0.05) is 0 Å². The van der Waals surface area contributed by atoms with Crippen molar-refractivity contribution in [2.75, 3.05) is 6.54 Å². The van der Waals surface area contributed by atoms with Gasteiger partial charge in [-0.25, -0.2) is 0 Å². The zero-order valence-corrected chi connectivity index (χ0v) is 8.31. The van der Waals surface area contributed by atoms with Gasteiger partial charge in [-0.3, -0.25) is 9.59 Å². The lowest BCUT2D eigenvalue weighted by molar-refractivity contribution is -0.127. The van der Waals surface area contributed by atoms with Crippen LogP contribution in [0.3, 0.4) is 0 Å². The van der Waals surface area contributed by atoms with Crippen LogP contribution in [0.25, 0.3) is 0 Å². The van der Waals surface area contributed by atoms with Crippen molar-refractivity contribution in [3.05, 3.63) is 0 Å². The molecule has 0 radical (unpaired) electrons. The second kappa shape index (κ2) is 3.36. The lowest BCUT2D eigenvalue weighted by atomic mass is 10.0. The van der Waals surface area contributed by atoms with Gasteiger partial charge in [0.1, 0.15) is 0 Å². The monoisotopic (exact) mass is 184 g/mol. The van der Waals surface area contributed by atoms with E-state index in [4.69, 9.17) is 0 Å². The molecular weight excluding hydrogens is 168 g/mol. The number of nitrogens with one attached hydrogen (secondary N) is 2. The summed E-state index contributed by atoms with van der Waals surface area (Å²) in [6, 6.07) is 0. The fourth-order valence-corrected chi connectivity index (χ4v) is 1.26.